The highest BCUT2D eigenvalue weighted by Crippen LogP contribution is 2.41. The van der Waals surface area contributed by atoms with Gasteiger partial charge in [-0.05, 0) is 129 Å². The van der Waals surface area contributed by atoms with Crippen molar-refractivity contribution in [2.24, 2.45) is 41.4 Å². The van der Waals surface area contributed by atoms with Gasteiger partial charge in [-0.15, -0.1) is 0 Å². The number of carbonyl (C=O) groups excluding carboxylic acids is 12. The predicted octanol–water partition coefficient (Wildman–Crippen LogP) is 7.44. The Morgan fingerprint density at radius 3 is 1.56 bits per heavy atom. The van der Waals surface area contributed by atoms with Gasteiger partial charge in [-0.3, -0.25) is 57.5 Å². The fraction of sp³-hybridized carbons (Fsp3) is 0.667. The van der Waals surface area contributed by atoms with Gasteiger partial charge < -0.3 is 85.4 Å². The van der Waals surface area contributed by atoms with Gasteiger partial charge in [0.15, 0.2) is 6.61 Å². The van der Waals surface area contributed by atoms with Crippen molar-refractivity contribution in [3.8, 4) is 22.8 Å². The van der Waals surface area contributed by atoms with E-state index in [0.717, 1.165) is 32.0 Å². The number of likely N-dealkylation sites (N-methyl/N-ethyl adjacent to an activating group) is 7. The Hall–Kier alpha value is -9.10. The van der Waals surface area contributed by atoms with E-state index >= 15 is 9.59 Å². The van der Waals surface area contributed by atoms with E-state index in [4.69, 9.17) is 9.15 Å². The fourth-order valence-electron chi connectivity index (χ4n) is 13.7. The van der Waals surface area contributed by atoms with E-state index in [1.54, 1.807) is 119 Å². The number of unbranched alkanes of at least 4 members (excludes halogenated alkanes) is 1. The van der Waals surface area contributed by atoms with Crippen LogP contribution < -0.4 is 36.9 Å². The number of aliphatic hydroxyl groups excluding tert-OH is 2. The number of benzene rings is 2. The highest BCUT2D eigenvalue weighted by molar-refractivity contribution is 7.99. The molecule has 0 aliphatic carbocycles. The van der Waals surface area contributed by atoms with E-state index in [2.05, 4.69) is 26.6 Å². The summed E-state index contributed by atoms with van der Waals surface area (Å²) in [6.07, 6.45) is 0.162. The average molecular weight is 1670 g/mol. The third-order valence-corrected chi connectivity index (χ3v) is 22.1. The maximum atomic E-state index is 15.1. The number of hydrogen-bond acceptors (Lipinski definition) is 19. The first-order valence-corrected chi connectivity index (χ1v) is 42.1. The lowest BCUT2D eigenvalue weighted by molar-refractivity contribution is -0.154. The summed E-state index contributed by atoms with van der Waals surface area (Å²) in [5, 5.41) is 47.6. The van der Waals surface area contributed by atoms with Crippen molar-refractivity contribution in [1.29, 1.82) is 0 Å². The molecular weight excluding hydrogens is 1530 g/mol. The molecule has 11 unspecified atom stereocenters. The number of hydrogen-bond donors (Lipinski definition) is 8. The van der Waals surface area contributed by atoms with Crippen molar-refractivity contribution in [2.45, 2.75) is 271 Å². The Labute approximate surface area is 704 Å². The quantitative estimate of drug-likeness (QED) is 0.0255. The Bertz CT molecular complexity index is 3920. The van der Waals surface area contributed by atoms with Crippen molar-refractivity contribution < 1.29 is 82.0 Å². The molecule has 1 heterocycles. The number of nitrogens with one attached hydrogen (secondary N) is 5. The smallest absolute Gasteiger partial charge is 0.354 e. The van der Waals surface area contributed by atoms with Crippen LogP contribution in [0.15, 0.2) is 73.6 Å². The first-order chi connectivity index (χ1) is 54.9. The molecule has 0 fully saturated rings. The molecular formula is C87H140N12O18S. The van der Waals surface area contributed by atoms with Crippen molar-refractivity contribution >= 4 is 82.6 Å². The molecule has 1 aromatic heterocycles. The second-order valence-corrected chi connectivity index (χ2v) is 36.1. The highest BCUT2D eigenvalue weighted by atomic mass is 32.2. The Kier molecular flexibility index (Phi) is 41.6. The van der Waals surface area contributed by atoms with Crippen LogP contribution >= 0.6 is 11.8 Å². The molecule has 11 atom stereocenters. The molecule has 0 saturated carbocycles. The number of ether oxygens (including phenoxy) is 1. The first kappa shape index (κ1) is 103. The lowest BCUT2D eigenvalue weighted by Gasteiger charge is -2.39. The summed E-state index contributed by atoms with van der Waals surface area (Å²) in [7, 11) is 11.5. The van der Waals surface area contributed by atoms with Crippen LogP contribution in [0.5, 0.6) is 11.5 Å². The van der Waals surface area contributed by atoms with Crippen LogP contribution in [0, 0.1) is 41.4 Å². The van der Waals surface area contributed by atoms with E-state index in [0.29, 0.717) is 29.1 Å². The van der Waals surface area contributed by atoms with Crippen molar-refractivity contribution in [3.63, 3.8) is 0 Å². The number of nitrogens with zero attached hydrogens (tertiary/aromatic N) is 7. The number of amides is 12. The van der Waals surface area contributed by atoms with Crippen LogP contribution in [0.2, 0.25) is 0 Å². The molecule has 12 amide bonds. The molecule has 662 valence electrons. The zero-order chi connectivity index (χ0) is 90.0. The largest absolute Gasteiger partial charge is 0.506 e. The van der Waals surface area contributed by atoms with Gasteiger partial charge in [0, 0.05) is 85.9 Å². The SMILES string of the molecule is CCC(NC(=O)C(C(O)C(C)C)N(C)C(=O)C(C(C)C)N(C)C(=O)CCC(C)C)C(=O)N(C)C(CO)C(=O)N(C)C(CC(C)C)C(=O)NC(C(=O)N(C)C(CC(C)C)C(=O)NC(CCCCNC(=O)COc1ccc(Sc2c(O)cc(-c3ccccc3)oc2=O)c(C(C)(C)C)c1)C(=O)NC(C)C(=O)N(C)C(CC(C)C)C(=O)N(C)C)C(C)C. The molecule has 0 radical (unpaired) electrons. The van der Waals surface area contributed by atoms with Gasteiger partial charge in [-0.25, -0.2) is 4.79 Å². The Balaban J connectivity index is 1.94. The number of carbonyl (C=O) groups is 12. The summed E-state index contributed by atoms with van der Waals surface area (Å²) < 4.78 is 11.6. The van der Waals surface area contributed by atoms with Crippen molar-refractivity contribution in [2.75, 3.05) is 76.1 Å². The van der Waals surface area contributed by atoms with E-state index in [1.807, 2.05) is 68.4 Å². The van der Waals surface area contributed by atoms with E-state index in [-0.39, 0.29) is 110 Å². The molecule has 3 aromatic rings. The number of aliphatic hydroxyl groups is 2. The van der Waals surface area contributed by atoms with E-state index < -0.39 is 161 Å². The average Bonchev–Trinajstić information content (AvgIpc) is 0.790. The second kappa shape index (κ2) is 47.6. The van der Waals surface area contributed by atoms with Crippen molar-refractivity contribution in [1.82, 2.24) is 60.9 Å². The Morgan fingerprint density at radius 1 is 0.525 bits per heavy atom. The summed E-state index contributed by atoms with van der Waals surface area (Å²) in [5.74, 6) is -9.44. The number of aromatic hydroxyl groups is 1. The van der Waals surface area contributed by atoms with Crippen molar-refractivity contribution in [3.05, 3.63) is 70.6 Å². The van der Waals surface area contributed by atoms with Crippen LogP contribution in [0.25, 0.3) is 11.3 Å². The lowest BCUT2D eigenvalue weighted by Crippen LogP contribution is -2.63. The zero-order valence-corrected chi connectivity index (χ0v) is 75.9. The second-order valence-electron chi connectivity index (χ2n) is 35.0. The molecule has 0 aliphatic rings. The lowest BCUT2D eigenvalue weighted by atomic mass is 9.87. The van der Waals surface area contributed by atoms with Gasteiger partial charge in [-0.2, -0.15) is 0 Å². The summed E-state index contributed by atoms with van der Waals surface area (Å²) in [6, 6.07) is 2.54. The highest BCUT2D eigenvalue weighted by Gasteiger charge is 2.45. The zero-order valence-electron chi connectivity index (χ0n) is 75.1. The van der Waals surface area contributed by atoms with Gasteiger partial charge in [-0.1, -0.05) is 167 Å². The maximum absolute atomic E-state index is 15.1. The first-order valence-electron chi connectivity index (χ1n) is 41.3. The summed E-state index contributed by atoms with van der Waals surface area (Å²) in [4.78, 5) is 195. The molecule has 2 aromatic carbocycles. The third-order valence-electron chi connectivity index (χ3n) is 20.9. The Morgan fingerprint density at radius 2 is 1.06 bits per heavy atom. The molecule has 8 N–H and O–H groups in total. The van der Waals surface area contributed by atoms with Gasteiger partial charge in [0.05, 0.1) is 12.7 Å². The number of rotatable bonds is 46. The maximum Gasteiger partial charge on any atom is 0.354 e. The monoisotopic (exact) mass is 1670 g/mol. The molecule has 31 heteroatoms. The normalized spacial score (nSPS) is 14.5. The molecule has 0 saturated heterocycles. The van der Waals surface area contributed by atoms with Crippen LogP contribution in [-0.4, -0.2) is 263 Å². The minimum Gasteiger partial charge on any atom is -0.506 e. The molecule has 118 heavy (non-hydrogen) atoms. The molecule has 30 nitrogen and oxygen atoms in total. The van der Waals surface area contributed by atoms with Crippen LogP contribution in [-0.2, 0) is 62.9 Å². The van der Waals surface area contributed by atoms with E-state index in [1.165, 1.54) is 74.9 Å². The molecule has 0 bridgehead atoms. The van der Waals surface area contributed by atoms with Crippen LogP contribution in [0.1, 0.15) is 195 Å². The van der Waals surface area contributed by atoms with Gasteiger partial charge in [0.1, 0.15) is 82.6 Å². The van der Waals surface area contributed by atoms with Gasteiger partial charge >= 0.3 is 5.63 Å². The molecule has 0 aliphatic heterocycles. The molecule has 0 spiro atoms. The minimum absolute atomic E-state index is 0.00385. The van der Waals surface area contributed by atoms with Crippen LogP contribution in [0.3, 0.4) is 0 Å². The standard InChI is InChI=1S/C87H140N12O18S/c1-28-60(90-79(108)73(74(104)55(14)15)99(27)85(114)72(54(12)13)98(26)70(103)40-37-49(2)3)81(110)97(25)65(47-100)83(112)94(22)63(43-51(6)7)78(107)92-71(53(10)11)84(113)95(23)62(42-50(4)5)77(106)91-61(76(105)89-56(16)80(109)96(24)64(44-52(8)9)82(111)93(20)21)36-32-33-41-88-69(102)48-116-58-38-39-68(59(45-58)87(17,18)19)118-75-66(101)46-67(117-86(75)115)57-34-30-29-31-35-57/h29-31,34-35,38-39,45-46,49-56,60-65,71-74,100-101,104H,28,32-33,36-37,40-44,47-48H2,1-27H3,(H,88,102)(H,89,105)(H,90,108)(H,91,106)(H,92,107). The molecule has 3 rings (SSSR count). The predicted molar refractivity (Wildman–Crippen MR) is 455 cm³/mol. The summed E-state index contributed by atoms with van der Waals surface area (Å²) in [5.41, 5.74) is 0.168. The minimum atomic E-state index is -1.63. The fourth-order valence-corrected chi connectivity index (χ4v) is 14.8. The van der Waals surface area contributed by atoms with Gasteiger partial charge in [0.25, 0.3) is 5.91 Å². The summed E-state index contributed by atoms with van der Waals surface area (Å²) >= 11 is 1.04. The summed E-state index contributed by atoms with van der Waals surface area (Å²) in [6.45, 7) is 33.0. The van der Waals surface area contributed by atoms with Crippen LogP contribution in [0.4, 0.5) is 0 Å². The van der Waals surface area contributed by atoms with E-state index in [9.17, 15) is 68.1 Å². The van der Waals surface area contributed by atoms with Gasteiger partial charge in [0.2, 0.25) is 65.0 Å². The third kappa shape index (κ3) is 30.0. The topological polar surface area (TPSA) is 388 Å².